The summed E-state index contributed by atoms with van der Waals surface area (Å²) in [5, 5.41) is 0. The predicted molar refractivity (Wildman–Crippen MR) is 96.5 cm³/mol. The van der Waals surface area contributed by atoms with Gasteiger partial charge in [0.15, 0.2) is 0 Å². The molecule has 0 aromatic carbocycles. The minimum absolute atomic E-state index is 0.0551. The fourth-order valence-corrected chi connectivity index (χ4v) is 4.22. The first-order chi connectivity index (χ1) is 12.7. The van der Waals surface area contributed by atoms with Crippen LogP contribution >= 0.6 is 0 Å². The van der Waals surface area contributed by atoms with Crippen molar-refractivity contribution in [3.05, 3.63) is 35.5 Å². The highest BCUT2D eigenvalue weighted by Crippen LogP contribution is 2.35. The van der Waals surface area contributed by atoms with E-state index in [1.54, 1.807) is 13.3 Å². The lowest BCUT2D eigenvalue weighted by molar-refractivity contribution is 0.197. The van der Waals surface area contributed by atoms with Crippen LogP contribution in [0.15, 0.2) is 18.6 Å². The van der Waals surface area contributed by atoms with Gasteiger partial charge in [0.05, 0.1) is 37.6 Å². The van der Waals surface area contributed by atoms with Crippen LogP contribution in [-0.4, -0.2) is 45.7 Å². The third-order valence-corrected chi connectivity index (χ3v) is 5.96. The zero-order valence-corrected chi connectivity index (χ0v) is 15.0. The molecule has 0 N–H and O–H groups in total. The van der Waals surface area contributed by atoms with E-state index in [4.69, 9.17) is 4.74 Å². The summed E-state index contributed by atoms with van der Waals surface area (Å²) >= 11 is 0. The number of carbonyl (C=O) groups is 1. The quantitative estimate of drug-likeness (QED) is 0.832. The minimum atomic E-state index is 0.0551. The van der Waals surface area contributed by atoms with Crippen LogP contribution in [0.1, 0.15) is 42.3 Å². The molecule has 136 valence electrons. The molecule has 4 heterocycles. The minimum Gasteiger partial charge on any atom is -0.481 e. The molecule has 2 amide bonds. The molecule has 5 rings (SSSR count). The van der Waals surface area contributed by atoms with E-state index in [0.717, 1.165) is 36.3 Å². The van der Waals surface area contributed by atoms with Crippen molar-refractivity contribution in [2.24, 2.45) is 0 Å². The van der Waals surface area contributed by atoms with Crippen LogP contribution in [-0.2, 0) is 19.4 Å². The third-order valence-electron chi connectivity index (χ3n) is 5.96. The van der Waals surface area contributed by atoms with Crippen LogP contribution in [0.3, 0.4) is 0 Å². The van der Waals surface area contributed by atoms with Gasteiger partial charge in [0.25, 0.3) is 0 Å². The highest BCUT2D eigenvalue weighted by atomic mass is 16.5. The molecule has 0 atom stereocenters. The molecular formula is C19H23N5O2. The van der Waals surface area contributed by atoms with E-state index >= 15 is 0 Å². The summed E-state index contributed by atoms with van der Waals surface area (Å²) in [4.78, 5) is 25.7. The zero-order valence-electron chi connectivity index (χ0n) is 15.0. The number of imidazole rings is 1. The number of fused-ring (bicyclic) bond motifs is 2. The fraction of sp³-hybridized carbons (Fsp3) is 0.526. The number of anilines is 1. The van der Waals surface area contributed by atoms with Crippen LogP contribution in [0.4, 0.5) is 10.5 Å². The Kier molecular flexibility index (Phi) is 3.62. The van der Waals surface area contributed by atoms with E-state index in [-0.39, 0.29) is 6.03 Å². The molecule has 3 aliphatic rings. The first-order valence-electron chi connectivity index (χ1n) is 9.38. The number of hydrogen-bond donors (Lipinski definition) is 0. The number of ether oxygens (including phenoxy) is 1. The van der Waals surface area contributed by atoms with Crippen LogP contribution in [0.5, 0.6) is 5.88 Å². The summed E-state index contributed by atoms with van der Waals surface area (Å²) in [6, 6.07) is 2.61. The molecule has 1 saturated carbocycles. The smallest absolute Gasteiger partial charge is 0.324 e. The van der Waals surface area contributed by atoms with E-state index in [1.165, 1.54) is 25.0 Å². The average Bonchev–Trinajstić information content (AvgIpc) is 3.23. The lowest BCUT2D eigenvalue weighted by Gasteiger charge is -2.33. The topological polar surface area (TPSA) is 63.5 Å². The molecule has 0 radical (unpaired) electrons. The number of urea groups is 1. The van der Waals surface area contributed by atoms with E-state index in [9.17, 15) is 4.79 Å². The lowest BCUT2D eigenvalue weighted by atomic mass is 9.92. The molecule has 0 bridgehead atoms. The third kappa shape index (κ3) is 2.37. The maximum atomic E-state index is 13.1. The second kappa shape index (κ2) is 6.00. The number of hydrogen-bond acceptors (Lipinski definition) is 4. The average molecular weight is 353 g/mol. The summed E-state index contributed by atoms with van der Waals surface area (Å²) in [5.74, 6) is 0.599. The Morgan fingerprint density at radius 3 is 2.88 bits per heavy atom. The second-order valence-corrected chi connectivity index (χ2v) is 7.34. The van der Waals surface area contributed by atoms with Gasteiger partial charge in [-0.15, -0.1) is 0 Å². The van der Waals surface area contributed by atoms with Crippen LogP contribution < -0.4 is 9.64 Å². The molecule has 2 aromatic rings. The van der Waals surface area contributed by atoms with Gasteiger partial charge in [-0.05, 0) is 31.2 Å². The predicted octanol–water partition coefficient (Wildman–Crippen LogP) is 2.55. The van der Waals surface area contributed by atoms with Gasteiger partial charge in [-0.3, -0.25) is 4.90 Å². The molecule has 7 heteroatoms. The number of pyridine rings is 1. The van der Waals surface area contributed by atoms with Crippen molar-refractivity contribution >= 4 is 11.7 Å². The number of amides is 2. The van der Waals surface area contributed by atoms with Crippen LogP contribution in [0.2, 0.25) is 0 Å². The van der Waals surface area contributed by atoms with Gasteiger partial charge in [-0.1, -0.05) is 0 Å². The fourth-order valence-electron chi connectivity index (χ4n) is 4.22. The van der Waals surface area contributed by atoms with Crippen molar-refractivity contribution < 1.29 is 9.53 Å². The molecule has 7 nitrogen and oxygen atoms in total. The Hall–Kier alpha value is -2.57. The Morgan fingerprint density at radius 1 is 1.23 bits per heavy atom. The summed E-state index contributed by atoms with van der Waals surface area (Å²) in [6.45, 7) is 2.05. The van der Waals surface area contributed by atoms with E-state index in [1.807, 2.05) is 22.2 Å². The zero-order chi connectivity index (χ0) is 17.7. The van der Waals surface area contributed by atoms with Gasteiger partial charge in [0, 0.05) is 37.3 Å². The maximum absolute atomic E-state index is 13.1. The highest BCUT2D eigenvalue weighted by molar-refractivity contribution is 5.94. The van der Waals surface area contributed by atoms with Crippen molar-refractivity contribution in [2.45, 2.75) is 44.7 Å². The van der Waals surface area contributed by atoms with Crippen LogP contribution in [0.25, 0.3) is 0 Å². The molecule has 26 heavy (non-hydrogen) atoms. The van der Waals surface area contributed by atoms with Gasteiger partial charge in [0.2, 0.25) is 5.88 Å². The van der Waals surface area contributed by atoms with Gasteiger partial charge in [0.1, 0.15) is 0 Å². The van der Waals surface area contributed by atoms with Crippen molar-refractivity contribution in [1.82, 2.24) is 19.4 Å². The largest absolute Gasteiger partial charge is 0.481 e. The molecule has 1 aliphatic carbocycles. The second-order valence-electron chi connectivity index (χ2n) is 7.34. The number of nitrogens with zero attached hydrogens (tertiary/aromatic N) is 5. The van der Waals surface area contributed by atoms with Crippen molar-refractivity contribution in [1.29, 1.82) is 0 Å². The highest BCUT2D eigenvalue weighted by Gasteiger charge is 2.33. The Labute approximate surface area is 152 Å². The summed E-state index contributed by atoms with van der Waals surface area (Å²) in [7, 11) is 1.61. The SMILES string of the molecule is COc1cc2c(cn1)N(C(=O)N1CCc3c(ncn3C3CCC3)C1)CC2. The summed E-state index contributed by atoms with van der Waals surface area (Å²) in [6.07, 6.45) is 9.28. The van der Waals surface area contributed by atoms with Crippen molar-refractivity contribution in [2.75, 3.05) is 25.1 Å². The number of carbonyl (C=O) groups excluding carboxylic acids is 1. The first kappa shape index (κ1) is 15.7. The monoisotopic (exact) mass is 353 g/mol. The Bertz CT molecular complexity index is 858. The lowest BCUT2D eigenvalue weighted by Crippen LogP contribution is -2.45. The summed E-state index contributed by atoms with van der Waals surface area (Å²) < 4.78 is 7.54. The molecular weight excluding hydrogens is 330 g/mol. The number of rotatable bonds is 2. The molecule has 0 unspecified atom stereocenters. The number of methoxy groups -OCH3 is 1. The standard InChI is InChI=1S/C19H23N5O2/c1-26-18-9-13-5-8-23(17(13)10-20-18)19(25)22-7-6-16-15(11-22)21-12-24(16)14-3-2-4-14/h9-10,12,14H,2-8,11H2,1H3. The first-order valence-corrected chi connectivity index (χ1v) is 9.38. The van der Waals surface area contributed by atoms with E-state index < -0.39 is 0 Å². The molecule has 0 saturated heterocycles. The molecule has 1 fully saturated rings. The van der Waals surface area contributed by atoms with E-state index in [2.05, 4.69) is 14.5 Å². The Balaban J connectivity index is 1.34. The Morgan fingerprint density at radius 2 is 2.12 bits per heavy atom. The van der Waals surface area contributed by atoms with Gasteiger partial charge in [-0.25, -0.2) is 14.8 Å². The van der Waals surface area contributed by atoms with Crippen molar-refractivity contribution in [3.8, 4) is 5.88 Å². The number of aromatic nitrogens is 3. The van der Waals surface area contributed by atoms with Gasteiger partial charge < -0.3 is 14.2 Å². The summed E-state index contributed by atoms with van der Waals surface area (Å²) in [5.41, 5.74) is 4.41. The van der Waals surface area contributed by atoms with E-state index in [0.29, 0.717) is 25.0 Å². The van der Waals surface area contributed by atoms with Gasteiger partial charge in [-0.2, -0.15) is 0 Å². The molecule has 2 aromatic heterocycles. The maximum Gasteiger partial charge on any atom is 0.324 e. The van der Waals surface area contributed by atoms with Gasteiger partial charge >= 0.3 is 6.03 Å². The van der Waals surface area contributed by atoms with Crippen LogP contribution in [0, 0.1) is 0 Å². The molecule has 2 aliphatic heterocycles. The van der Waals surface area contributed by atoms with Crippen molar-refractivity contribution in [3.63, 3.8) is 0 Å². The molecule has 0 spiro atoms. The normalized spacial score (nSPS) is 19.1.